The molecule has 0 heterocycles. The molecular formula is C25H25FN2O3. The molecule has 31 heavy (non-hydrogen) atoms. The second-order valence-corrected chi connectivity index (χ2v) is 7.11. The lowest BCUT2D eigenvalue weighted by Crippen LogP contribution is -2.34. The quantitative estimate of drug-likeness (QED) is 0.532. The third-order valence-corrected chi connectivity index (χ3v) is 4.83. The van der Waals surface area contributed by atoms with Gasteiger partial charge >= 0.3 is 0 Å². The maximum absolute atomic E-state index is 13.1. The van der Waals surface area contributed by atoms with Gasteiger partial charge in [0.2, 0.25) is 0 Å². The zero-order valence-electron chi connectivity index (χ0n) is 17.5. The fourth-order valence-electron chi connectivity index (χ4n) is 3.10. The van der Waals surface area contributed by atoms with Gasteiger partial charge in [-0.3, -0.25) is 9.59 Å². The molecule has 0 aromatic heterocycles. The number of halogens is 1. The van der Waals surface area contributed by atoms with E-state index in [1.807, 2.05) is 44.2 Å². The molecule has 0 aliphatic heterocycles. The van der Waals surface area contributed by atoms with E-state index < -0.39 is 6.10 Å². The number of carbonyl (C=O) groups excluding carboxylic acids is 2. The molecule has 0 saturated heterocycles. The lowest BCUT2D eigenvalue weighted by atomic mass is 10.1. The third-order valence-electron chi connectivity index (χ3n) is 4.83. The molecule has 0 radical (unpaired) electrons. The summed E-state index contributed by atoms with van der Waals surface area (Å²) < 4.78 is 18.8. The van der Waals surface area contributed by atoms with Gasteiger partial charge in [-0.25, -0.2) is 4.39 Å². The van der Waals surface area contributed by atoms with E-state index in [4.69, 9.17) is 4.74 Å². The number of hydrogen-bond acceptors (Lipinski definition) is 3. The molecule has 3 aromatic carbocycles. The summed E-state index contributed by atoms with van der Waals surface area (Å²) in [5.74, 6) is -0.663. The molecule has 0 saturated carbocycles. The number of anilines is 1. The van der Waals surface area contributed by atoms with Crippen LogP contribution in [0.1, 0.15) is 42.2 Å². The maximum Gasteiger partial charge on any atom is 0.265 e. The summed E-state index contributed by atoms with van der Waals surface area (Å²) in [6.45, 7) is 3.71. The summed E-state index contributed by atoms with van der Waals surface area (Å²) >= 11 is 0. The van der Waals surface area contributed by atoms with Crippen molar-refractivity contribution in [3.05, 3.63) is 95.8 Å². The van der Waals surface area contributed by atoms with Crippen LogP contribution in [0.3, 0.4) is 0 Å². The summed E-state index contributed by atoms with van der Waals surface area (Å²) in [6, 6.07) is 21.7. The van der Waals surface area contributed by atoms with Gasteiger partial charge in [0.15, 0.2) is 6.10 Å². The van der Waals surface area contributed by atoms with Crippen LogP contribution in [-0.2, 0) is 4.79 Å². The highest BCUT2D eigenvalue weighted by Crippen LogP contribution is 2.20. The highest BCUT2D eigenvalue weighted by molar-refractivity contribution is 6.04. The van der Waals surface area contributed by atoms with E-state index in [2.05, 4.69) is 10.6 Å². The lowest BCUT2D eigenvalue weighted by molar-refractivity contribution is -0.122. The van der Waals surface area contributed by atoms with E-state index >= 15 is 0 Å². The topological polar surface area (TPSA) is 67.4 Å². The normalized spacial score (nSPS) is 12.5. The smallest absolute Gasteiger partial charge is 0.265 e. The van der Waals surface area contributed by atoms with Gasteiger partial charge in [-0.2, -0.15) is 0 Å². The zero-order chi connectivity index (χ0) is 22.2. The molecular weight excluding hydrogens is 395 g/mol. The molecule has 0 bridgehead atoms. The van der Waals surface area contributed by atoms with E-state index in [0.29, 0.717) is 23.4 Å². The van der Waals surface area contributed by atoms with Crippen molar-refractivity contribution >= 4 is 17.5 Å². The number of carbonyl (C=O) groups is 2. The van der Waals surface area contributed by atoms with Crippen LogP contribution in [0, 0.1) is 5.82 Å². The van der Waals surface area contributed by atoms with Crippen LogP contribution >= 0.6 is 0 Å². The van der Waals surface area contributed by atoms with Crippen molar-refractivity contribution in [2.24, 2.45) is 0 Å². The van der Waals surface area contributed by atoms with Crippen molar-refractivity contribution in [2.45, 2.75) is 32.4 Å². The lowest BCUT2D eigenvalue weighted by Gasteiger charge is -2.19. The highest BCUT2D eigenvalue weighted by Gasteiger charge is 2.21. The Kier molecular flexibility index (Phi) is 7.38. The summed E-state index contributed by atoms with van der Waals surface area (Å²) in [6.07, 6.45) is -0.382. The fraction of sp³-hybridized carbons (Fsp3) is 0.200. The standard InChI is InChI=1S/C25H25FN2O3/c1-3-23(31-20-15-13-19(26)14-16-20)25(30)28-22-12-8-7-11-21(22)24(29)27-17(2)18-9-5-4-6-10-18/h4-17,23H,3H2,1-2H3,(H,27,29)(H,28,30). The first-order valence-corrected chi connectivity index (χ1v) is 10.2. The van der Waals surface area contributed by atoms with Gasteiger partial charge in [0, 0.05) is 0 Å². The Morgan fingerprint density at radius 2 is 1.58 bits per heavy atom. The van der Waals surface area contributed by atoms with Crippen molar-refractivity contribution in [3.8, 4) is 5.75 Å². The molecule has 2 atom stereocenters. The molecule has 0 spiro atoms. The van der Waals surface area contributed by atoms with Gasteiger partial charge in [0.25, 0.3) is 11.8 Å². The molecule has 0 aliphatic carbocycles. The van der Waals surface area contributed by atoms with Gasteiger partial charge < -0.3 is 15.4 Å². The molecule has 0 fully saturated rings. The van der Waals surface area contributed by atoms with Gasteiger partial charge in [-0.1, -0.05) is 49.4 Å². The van der Waals surface area contributed by atoms with E-state index in [1.165, 1.54) is 24.3 Å². The summed E-state index contributed by atoms with van der Waals surface area (Å²) in [4.78, 5) is 25.7. The predicted octanol–water partition coefficient (Wildman–Crippen LogP) is 5.11. The third kappa shape index (κ3) is 5.92. The number of ether oxygens (including phenoxy) is 1. The van der Waals surface area contributed by atoms with Crippen LogP contribution in [0.5, 0.6) is 5.75 Å². The molecule has 6 heteroatoms. The Balaban J connectivity index is 1.70. The number of nitrogens with one attached hydrogen (secondary N) is 2. The van der Waals surface area contributed by atoms with E-state index in [-0.39, 0.29) is 23.7 Å². The van der Waals surface area contributed by atoms with Gasteiger partial charge in [-0.15, -0.1) is 0 Å². The van der Waals surface area contributed by atoms with Crippen molar-refractivity contribution < 1.29 is 18.7 Å². The summed E-state index contributed by atoms with van der Waals surface area (Å²) in [5.41, 5.74) is 1.73. The van der Waals surface area contributed by atoms with E-state index in [9.17, 15) is 14.0 Å². The summed E-state index contributed by atoms with van der Waals surface area (Å²) in [5, 5.41) is 5.75. The molecule has 3 aromatic rings. The van der Waals surface area contributed by atoms with Gasteiger partial charge in [-0.05, 0) is 55.3 Å². The minimum atomic E-state index is -0.787. The number of benzene rings is 3. The van der Waals surface area contributed by atoms with Crippen LogP contribution in [0.25, 0.3) is 0 Å². The largest absolute Gasteiger partial charge is 0.481 e. The average molecular weight is 420 g/mol. The monoisotopic (exact) mass is 420 g/mol. The molecule has 5 nitrogen and oxygen atoms in total. The Hall–Kier alpha value is -3.67. The number of para-hydroxylation sites is 1. The molecule has 2 amide bonds. The minimum Gasteiger partial charge on any atom is -0.481 e. The van der Waals surface area contributed by atoms with Crippen LogP contribution in [0.4, 0.5) is 10.1 Å². The SMILES string of the molecule is CCC(Oc1ccc(F)cc1)C(=O)Nc1ccccc1C(=O)NC(C)c1ccccc1. The van der Waals surface area contributed by atoms with Crippen LogP contribution in [0.15, 0.2) is 78.9 Å². The minimum absolute atomic E-state index is 0.192. The van der Waals surface area contributed by atoms with Crippen molar-refractivity contribution in [3.63, 3.8) is 0 Å². The summed E-state index contributed by atoms with van der Waals surface area (Å²) in [7, 11) is 0. The number of hydrogen-bond donors (Lipinski definition) is 2. The number of rotatable bonds is 8. The van der Waals surface area contributed by atoms with Crippen molar-refractivity contribution in [2.75, 3.05) is 5.32 Å². The predicted molar refractivity (Wildman–Crippen MR) is 119 cm³/mol. The second-order valence-electron chi connectivity index (χ2n) is 7.11. The van der Waals surface area contributed by atoms with Gasteiger partial charge in [0.05, 0.1) is 17.3 Å². The first kappa shape index (κ1) is 22.0. The molecule has 0 aliphatic rings. The van der Waals surface area contributed by atoms with E-state index in [1.54, 1.807) is 24.3 Å². The Bertz CT molecular complexity index is 1020. The Labute approximate surface area is 181 Å². The van der Waals surface area contributed by atoms with E-state index in [0.717, 1.165) is 5.56 Å². The molecule has 160 valence electrons. The molecule has 3 rings (SSSR count). The maximum atomic E-state index is 13.1. The van der Waals surface area contributed by atoms with Gasteiger partial charge in [0.1, 0.15) is 11.6 Å². The Morgan fingerprint density at radius 1 is 0.935 bits per heavy atom. The molecule has 2 N–H and O–H groups in total. The zero-order valence-corrected chi connectivity index (χ0v) is 17.5. The average Bonchev–Trinajstić information content (AvgIpc) is 2.79. The molecule has 2 unspecified atom stereocenters. The van der Waals surface area contributed by atoms with Crippen LogP contribution in [-0.4, -0.2) is 17.9 Å². The number of amides is 2. The highest BCUT2D eigenvalue weighted by atomic mass is 19.1. The Morgan fingerprint density at radius 3 is 2.26 bits per heavy atom. The van der Waals surface area contributed by atoms with Crippen LogP contribution in [0.2, 0.25) is 0 Å². The van der Waals surface area contributed by atoms with Crippen LogP contribution < -0.4 is 15.4 Å². The first-order valence-electron chi connectivity index (χ1n) is 10.2. The second kappa shape index (κ2) is 10.4. The van der Waals surface area contributed by atoms with Crippen molar-refractivity contribution in [1.82, 2.24) is 5.32 Å². The fourth-order valence-corrected chi connectivity index (χ4v) is 3.10. The van der Waals surface area contributed by atoms with Crippen molar-refractivity contribution in [1.29, 1.82) is 0 Å². The first-order chi connectivity index (χ1) is 15.0.